The Hall–Kier alpha value is -2.89. The van der Waals surface area contributed by atoms with Gasteiger partial charge in [0, 0.05) is 31.1 Å². The number of nitrogens with one attached hydrogen (secondary N) is 1. The fraction of sp³-hybridized carbons (Fsp3) is 0.440. The van der Waals surface area contributed by atoms with Gasteiger partial charge in [-0.05, 0) is 66.5 Å². The number of rotatable bonds is 7. The summed E-state index contributed by atoms with van der Waals surface area (Å²) in [4.78, 5) is 27.2. The van der Waals surface area contributed by atoms with Crippen molar-refractivity contribution in [3.8, 4) is 5.75 Å². The molecule has 0 radical (unpaired) electrons. The Morgan fingerprint density at radius 3 is 2.71 bits per heavy atom. The normalized spacial score (nSPS) is 24.9. The minimum Gasteiger partial charge on any atom is -0.497 e. The van der Waals surface area contributed by atoms with Crippen LogP contribution >= 0.6 is 0 Å². The molecule has 2 aromatic rings. The first-order valence-corrected chi connectivity index (χ1v) is 10.9. The highest BCUT2D eigenvalue weighted by Gasteiger charge is 2.50. The van der Waals surface area contributed by atoms with Crippen LogP contribution in [0.2, 0.25) is 0 Å². The second-order valence-corrected chi connectivity index (χ2v) is 8.72. The summed E-state index contributed by atoms with van der Waals surface area (Å²) in [5.41, 5.74) is 1.51. The highest BCUT2D eigenvalue weighted by Crippen LogP contribution is 2.45. The van der Waals surface area contributed by atoms with E-state index in [0.717, 1.165) is 18.6 Å². The topological polar surface area (TPSA) is 58.6 Å². The molecule has 2 fully saturated rings. The number of amides is 2. The van der Waals surface area contributed by atoms with Crippen molar-refractivity contribution in [3.05, 3.63) is 65.5 Å². The molecule has 1 aliphatic heterocycles. The number of fused-ring (bicyclic) bond motifs is 1. The van der Waals surface area contributed by atoms with Crippen LogP contribution in [0.3, 0.4) is 0 Å². The number of benzene rings is 2. The molecule has 0 unspecified atom stereocenters. The molecule has 1 saturated carbocycles. The number of nitrogens with zero attached hydrogens (tertiary/aromatic N) is 1. The maximum absolute atomic E-state index is 13.4. The molecular formula is C25H29FN2O3. The lowest BCUT2D eigenvalue weighted by Gasteiger charge is -2.24. The third-order valence-electron chi connectivity index (χ3n) is 6.90. The fourth-order valence-corrected chi connectivity index (χ4v) is 5.21. The number of carbonyl (C=O) groups excluding carboxylic acids is 2. The number of ether oxygens (including phenoxy) is 1. The molecular weight excluding hydrogens is 395 g/mol. The van der Waals surface area contributed by atoms with Gasteiger partial charge in [0.05, 0.1) is 7.11 Å². The zero-order valence-corrected chi connectivity index (χ0v) is 18.0. The van der Waals surface area contributed by atoms with Gasteiger partial charge in [-0.2, -0.15) is 0 Å². The molecule has 4 atom stereocenters. The quantitative estimate of drug-likeness (QED) is 0.738. The van der Waals surface area contributed by atoms with Crippen molar-refractivity contribution in [1.82, 2.24) is 10.2 Å². The van der Waals surface area contributed by atoms with E-state index in [1.807, 2.05) is 29.2 Å². The number of hydrogen-bond donors (Lipinski definition) is 1. The molecule has 0 spiro atoms. The van der Waals surface area contributed by atoms with Gasteiger partial charge in [-0.15, -0.1) is 0 Å². The summed E-state index contributed by atoms with van der Waals surface area (Å²) in [6.45, 7) is 3.42. The zero-order valence-electron chi connectivity index (χ0n) is 18.0. The minimum atomic E-state index is -0.421. The van der Waals surface area contributed by atoms with Gasteiger partial charge in [0.2, 0.25) is 5.91 Å². The average Bonchev–Trinajstić information content (AvgIpc) is 3.23. The largest absolute Gasteiger partial charge is 0.497 e. The van der Waals surface area contributed by atoms with E-state index in [9.17, 15) is 14.0 Å². The summed E-state index contributed by atoms with van der Waals surface area (Å²) in [5.74, 6) is 1.26. The van der Waals surface area contributed by atoms with Gasteiger partial charge in [-0.1, -0.05) is 25.1 Å². The average molecular weight is 425 g/mol. The van der Waals surface area contributed by atoms with Crippen molar-refractivity contribution in [1.29, 1.82) is 0 Å². The highest BCUT2D eigenvalue weighted by molar-refractivity contribution is 5.94. The minimum absolute atomic E-state index is 0.205. The van der Waals surface area contributed by atoms with E-state index >= 15 is 0 Å². The monoisotopic (exact) mass is 424 g/mol. The van der Waals surface area contributed by atoms with Crippen LogP contribution in [-0.4, -0.2) is 43.0 Å². The Bertz CT molecular complexity index is 946. The zero-order chi connectivity index (χ0) is 22.0. The first-order chi connectivity index (χ1) is 15.0. The van der Waals surface area contributed by atoms with E-state index in [4.69, 9.17) is 4.74 Å². The molecule has 0 bridgehead atoms. The van der Waals surface area contributed by atoms with Gasteiger partial charge >= 0.3 is 0 Å². The van der Waals surface area contributed by atoms with Crippen LogP contribution in [0.25, 0.3) is 0 Å². The Balaban J connectivity index is 1.35. The van der Waals surface area contributed by atoms with Crippen LogP contribution in [-0.2, 0) is 11.2 Å². The molecule has 1 saturated heterocycles. The van der Waals surface area contributed by atoms with Gasteiger partial charge in [-0.3, -0.25) is 9.59 Å². The number of methoxy groups -OCH3 is 1. The smallest absolute Gasteiger partial charge is 0.251 e. The van der Waals surface area contributed by atoms with E-state index in [2.05, 4.69) is 12.2 Å². The summed E-state index contributed by atoms with van der Waals surface area (Å²) >= 11 is 0. The number of likely N-dealkylation sites (tertiary alicyclic amines) is 1. The first-order valence-electron chi connectivity index (χ1n) is 10.9. The molecule has 2 amide bonds. The van der Waals surface area contributed by atoms with Crippen molar-refractivity contribution >= 4 is 11.8 Å². The van der Waals surface area contributed by atoms with E-state index in [1.165, 1.54) is 23.8 Å². The summed E-state index contributed by atoms with van der Waals surface area (Å²) in [7, 11) is 1.65. The third-order valence-corrected chi connectivity index (χ3v) is 6.90. The van der Waals surface area contributed by atoms with E-state index < -0.39 is 5.82 Å². The molecule has 0 aromatic heterocycles. The Kier molecular flexibility index (Phi) is 6.25. The van der Waals surface area contributed by atoms with Gasteiger partial charge < -0.3 is 15.0 Å². The van der Waals surface area contributed by atoms with Crippen LogP contribution in [0.4, 0.5) is 4.39 Å². The van der Waals surface area contributed by atoms with E-state index in [0.29, 0.717) is 31.0 Å². The van der Waals surface area contributed by atoms with Crippen LogP contribution < -0.4 is 10.1 Å². The molecule has 4 rings (SSSR count). The molecule has 2 aromatic carbocycles. The lowest BCUT2D eigenvalue weighted by molar-refractivity contribution is -0.129. The summed E-state index contributed by atoms with van der Waals surface area (Å²) < 4.78 is 18.6. The molecule has 6 heteroatoms. The highest BCUT2D eigenvalue weighted by atomic mass is 19.1. The molecule has 31 heavy (non-hydrogen) atoms. The first kappa shape index (κ1) is 21.3. The molecule has 1 N–H and O–H groups in total. The van der Waals surface area contributed by atoms with Crippen LogP contribution in [0.1, 0.15) is 35.7 Å². The van der Waals surface area contributed by atoms with Crippen LogP contribution in [0.15, 0.2) is 48.5 Å². The van der Waals surface area contributed by atoms with Gasteiger partial charge in [0.25, 0.3) is 5.91 Å². The van der Waals surface area contributed by atoms with E-state index in [1.54, 1.807) is 13.2 Å². The summed E-state index contributed by atoms with van der Waals surface area (Å²) in [6.07, 6.45) is 2.31. The van der Waals surface area contributed by atoms with Crippen molar-refractivity contribution in [2.45, 2.75) is 32.2 Å². The van der Waals surface area contributed by atoms with Gasteiger partial charge in [0.15, 0.2) is 0 Å². The Morgan fingerprint density at radius 1 is 1.23 bits per heavy atom. The third kappa shape index (κ3) is 4.58. The van der Waals surface area contributed by atoms with Crippen LogP contribution in [0.5, 0.6) is 5.75 Å². The molecule has 5 nitrogen and oxygen atoms in total. The number of hydrogen-bond acceptors (Lipinski definition) is 3. The maximum Gasteiger partial charge on any atom is 0.251 e. The van der Waals surface area contributed by atoms with E-state index in [-0.39, 0.29) is 29.7 Å². The molecule has 1 aliphatic carbocycles. The van der Waals surface area contributed by atoms with Crippen molar-refractivity contribution in [3.63, 3.8) is 0 Å². The molecule has 1 heterocycles. The predicted molar refractivity (Wildman–Crippen MR) is 116 cm³/mol. The fourth-order valence-electron chi connectivity index (χ4n) is 5.21. The summed E-state index contributed by atoms with van der Waals surface area (Å²) in [6, 6.07) is 13.9. The Labute approximate surface area is 182 Å². The lowest BCUT2D eigenvalue weighted by atomic mass is 9.88. The number of halogens is 1. The summed E-state index contributed by atoms with van der Waals surface area (Å²) in [5, 5.41) is 2.96. The molecule has 164 valence electrons. The SMILES string of the molecule is COc1ccc(CCN2C(=O)C[C@H]3[C@H](CNC(=O)c4cccc(F)c4)[C@@H](C)C[C@H]32)cc1. The van der Waals surface area contributed by atoms with Crippen molar-refractivity contribution < 1.29 is 18.7 Å². The van der Waals surface area contributed by atoms with Crippen molar-refractivity contribution in [2.75, 3.05) is 20.2 Å². The Morgan fingerprint density at radius 2 is 2.00 bits per heavy atom. The van der Waals surface area contributed by atoms with Crippen molar-refractivity contribution in [2.24, 2.45) is 17.8 Å². The predicted octanol–water partition coefficient (Wildman–Crippen LogP) is 3.68. The second kappa shape index (κ2) is 9.08. The number of carbonyl (C=O) groups is 2. The van der Waals surface area contributed by atoms with Gasteiger partial charge in [-0.25, -0.2) is 4.39 Å². The maximum atomic E-state index is 13.4. The second-order valence-electron chi connectivity index (χ2n) is 8.72. The van der Waals surface area contributed by atoms with Crippen LogP contribution in [0, 0.1) is 23.6 Å². The lowest BCUT2D eigenvalue weighted by Crippen LogP contribution is -2.36. The molecule has 2 aliphatic rings. The van der Waals surface area contributed by atoms with Gasteiger partial charge in [0.1, 0.15) is 11.6 Å². The standard InChI is InChI=1S/C25H29FN2O3/c1-16-12-23-21(22(16)15-27-25(30)18-4-3-5-19(26)13-18)14-24(29)28(23)11-10-17-6-8-20(31-2)9-7-17/h3-9,13,16,21-23H,10-12,14-15H2,1-2H3,(H,27,30)/t16-,21-,22+,23+/m0/s1.